The maximum Gasteiger partial charge on any atom is 0.0726 e. The number of fused-ring (bicyclic) bond motifs is 13. The lowest BCUT2D eigenvalue weighted by molar-refractivity contribution is 0.793. The second kappa shape index (κ2) is 18.8. The summed E-state index contributed by atoms with van der Waals surface area (Å²) in [7, 11) is 0. The predicted octanol–water partition coefficient (Wildman–Crippen LogP) is 20.9. The van der Waals surface area contributed by atoms with Crippen LogP contribution in [0.5, 0.6) is 0 Å². The molecule has 2 aliphatic carbocycles. The van der Waals surface area contributed by atoms with Crippen molar-refractivity contribution in [3.05, 3.63) is 338 Å². The molecule has 2 heteroatoms. The van der Waals surface area contributed by atoms with Crippen LogP contribution in [-0.2, 0) is 5.41 Å². The third-order valence-electron chi connectivity index (χ3n) is 17.2. The summed E-state index contributed by atoms with van der Waals surface area (Å²) in [6.45, 7) is 0. The van der Waals surface area contributed by atoms with E-state index in [1.54, 1.807) is 0 Å². The Hall–Kier alpha value is -10.5. The van der Waals surface area contributed by atoms with Crippen molar-refractivity contribution in [1.29, 1.82) is 0 Å². The number of nitrogens with zero attached hydrogens (tertiary/aromatic N) is 2. The van der Waals surface area contributed by atoms with E-state index in [4.69, 9.17) is 0 Å². The average Bonchev–Trinajstić information content (AvgIpc) is 4.30. The van der Waals surface area contributed by atoms with Crippen molar-refractivity contribution in [3.8, 4) is 83.6 Å². The molecule has 0 radical (unpaired) electrons. The van der Waals surface area contributed by atoms with Crippen molar-refractivity contribution >= 4 is 38.9 Å². The van der Waals surface area contributed by atoms with E-state index in [1.165, 1.54) is 111 Å². The van der Waals surface area contributed by atoms with E-state index in [1.807, 2.05) is 0 Å². The van der Waals surface area contributed by atoms with Gasteiger partial charge in [-0.3, -0.25) is 0 Å². The lowest BCUT2D eigenvalue weighted by Crippen LogP contribution is -2.26. The van der Waals surface area contributed by atoms with Crippen LogP contribution in [0.15, 0.2) is 315 Å². The summed E-state index contributed by atoms with van der Waals surface area (Å²) in [5, 5.41) is 2.46. The van der Waals surface area contributed by atoms with Crippen LogP contribution in [0, 0.1) is 0 Å². The number of para-hydroxylation sites is 1. The van der Waals surface area contributed by atoms with Crippen molar-refractivity contribution in [2.45, 2.75) is 5.41 Å². The Kier molecular flexibility index (Phi) is 10.8. The highest BCUT2D eigenvalue weighted by Crippen LogP contribution is 2.63. The summed E-state index contributed by atoms with van der Waals surface area (Å²) in [5.74, 6) is 0. The highest BCUT2D eigenvalue weighted by Gasteiger charge is 2.51. The van der Waals surface area contributed by atoms with Gasteiger partial charge in [0.15, 0.2) is 0 Å². The summed E-state index contributed by atoms with van der Waals surface area (Å²) >= 11 is 0. The van der Waals surface area contributed by atoms with Crippen LogP contribution in [0.1, 0.15) is 22.3 Å². The quantitative estimate of drug-likeness (QED) is 0.140. The fraction of sp³-hybridized carbons (Fsp3) is 0.0127. The fourth-order valence-corrected chi connectivity index (χ4v) is 13.5. The average molecular weight is 1030 g/mol. The molecule has 0 saturated heterocycles. The van der Waals surface area contributed by atoms with Gasteiger partial charge >= 0.3 is 0 Å². The van der Waals surface area contributed by atoms with Crippen LogP contribution in [0.3, 0.4) is 0 Å². The lowest BCUT2D eigenvalue weighted by Gasteiger charge is -2.32. The topological polar surface area (TPSA) is 8.17 Å². The molecule has 0 fully saturated rings. The van der Waals surface area contributed by atoms with Crippen LogP contribution in [0.25, 0.3) is 105 Å². The molecule has 0 unspecified atom stereocenters. The first kappa shape index (κ1) is 46.5. The lowest BCUT2D eigenvalue weighted by atomic mass is 9.70. The van der Waals surface area contributed by atoms with Crippen LogP contribution in [0.4, 0.5) is 17.1 Å². The Morgan fingerprint density at radius 2 is 0.630 bits per heavy atom. The zero-order valence-electron chi connectivity index (χ0n) is 44.4. The molecule has 378 valence electrons. The minimum atomic E-state index is -0.454. The molecule has 0 N–H and O–H groups in total. The normalized spacial score (nSPS) is 12.5. The molecular formula is C79H52N2. The number of aromatic nitrogens is 1. The standard InChI is InChI=1S/C79H52N2/c1-4-19-53(20-5-1)56-39-42-63(43-40-56)80(65-44-45-70-69-29-12-16-33-75(69)79(76(70)52-65)73-31-14-10-27-67(73)68-28-11-15-32-74(68)79)64-26-18-25-59(48-64)57-35-37-58(38-36-57)60-41-46-78-72(51-60)71-30-13-17-34-77(71)81(78)66-49-61(54-21-6-2-7-22-54)47-62(50-66)55-23-8-3-9-24-55/h1-52H. The van der Waals surface area contributed by atoms with E-state index in [0.717, 1.165) is 33.9 Å². The molecule has 14 aromatic rings. The monoisotopic (exact) mass is 1030 g/mol. The van der Waals surface area contributed by atoms with Crippen molar-refractivity contribution in [2.75, 3.05) is 4.90 Å². The first-order chi connectivity index (χ1) is 40.2. The van der Waals surface area contributed by atoms with Crippen LogP contribution >= 0.6 is 0 Å². The summed E-state index contributed by atoms with van der Waals surface area (Å²) in [4.78, 5) is 2.45. The molecule has 0 aliphatic heterocycles. The van der Waals surface area contributed by atoms with E-state index in [9.17, 15) is 0 Å². The first-order valence-electron chi connectivity index (χ1n) is 28.1. The van der Waals surface area contributed by atoms with Gasteiger partial charge in [0.2, 0.25) is 0 Å². The van der Waals surface area contributed by atoms with E-state index >= 15 is 0 Å². The van der Waals surface area contributed by atoms with Gasteiger partial charge in [-0.1, -0.05) is 243 Å². The first-order valence-corrected chi connectivity index (χ1v) is 28.1. The van der Waals surface area contributed by atoms with Crippen LogP contribution in [-0.4, -0.2) is 4.57 Å². The molecule has 13 aromatic carbocycles. The SMILES string of the molecule is c1ccc(-c2ccc(N(c3cccc(-c4ccc(-c5ccc6c(c5)c5ccccc5n6-c5cc(-c6ccccc6)cc(-c6ccccc6)c5)cc4)c3)c3ccc4c(c3)C3(c5ccccc5-c5ccccc53)c3ccccc3-4)cc2)cc1. The Morgan fingerprint density at radius 1 is 0.222 bits per heavy atom. The number of anilines is 3. The summed E-state index contributed by atoms with van der Waals surface area (Å²) in [6.07, 6.45) is 0. The van der Waals surface area contributed by atoms with Gasteiger partial charge in [-0.2, -0.15) is 0 Å². The number of hydrogen-bond donors (Lipinski definition) is 0. The highest BCUT2D eigenvalue weighted by atomic mass is 15.1. The van der Waals surface area contributed by atoms with Gasteiger partial charge in [-0.05, 0) is 173 Å². The summed E-state index contributed by atoms with van der Waals surface area (Å²) in [6, 6.07) is 117. The molecule has 0 amide bonds. The van der Waals surface area contributed by atoms with Gasteiger partial charge < -0.3 is 9.47 Å². The summed E-state index contributed by atoms with van der Waals surface area (Å²) in [5.41, 5.74) is 28.7. The Bertz CT molecular complexity index is 4600. The molecule has 2 nitrogen and oxygen atoms in total. The molecule has 1 aromatic heterocycles. The molecule has 81 heavy (non-hydrogen) atoms. The smallest absolute Gasteiger partial charge is 0.0726 e. The molecule has 1 heterocycles. The van der Waals surface area contributed by atoms with Crippen molar-refractivity contribution in [2.24, 2.45) is 0 Å². The number of benzene rings is 13. The molecule has 0 saturated carbocycles. The third kappa shape index (κ3) is 7.49. The molecule has 1 spiro atoms. The molecule has 0 bridgehead atoms. The zero-order valence-corrected chi connectivity index (χ0v) is 44.4. The number of hydrogen-bond acceptors (Lipinski definition) is 1. The second-order valence-electron chi connectivity index (χ2n) is 21.6. The van der Waals surface area contributed by atoms with E-state index < -0.39 is 5.41 Å². The van der Waals surface area contributed by atoms with E-state index in [2.05, 4.69) is 325 Å². The maximum atomic E-state index is 2.48. The predicted molar refractivity (Wildman–Crippen MR) is 339 cm³/mol. The maximum absolute atomic E-state index is 2.48. The van der Waals surface area contributed by atoms with Gasteiger partial charge in [-0.15, -0.1) is 0 Å². The van der Waals surface area contributed by atoms with E-state index in [-0.39, 0.29) is 0 Å². The molecule has 16 rings (SSSR count). The minimum absolute atomic E-state index is 0.454. The fourth-order valence-electron chi connectivity index (χ4n) is 13.5. The molecular weight excluding hydrogens is 977 g/mol. The Balaban J connectivity index is 0.789. The van der Waals surface area contributed by atoms with Crippen LogP contribution in [0.2, 0.25) is 0 Å². The summed E-state index contributed by atoms with van der Waals surface area (Å²) < 4.78 is 2.44. The Labute approximate surface area is 472 Å². The van der Waals surface area contributed by atoms with Crippen molar-refractivity contribution in [3.63, 3.8) is 0 Å². The van der Waals surface area contributed by atoms with Crippen molar-refractivity contribution < 1.29 is 0 Å². The van der Waals surface area contributed by atoms with Gasteiger partial charge in [0, 0.05) is 33.5 Å². The second-order valence-corrected chi connectivity index (χ2v) is 21.6. The van der Waals surface area contributed by atoms with Gasteiger partial charge in [0.1, 0.15) is 0 Å². The zero-order chi connectivity index (χ0) is 53.4. The number of rotatable bonds is 9. The van der Waals surface area contributed by atoms with Crippen LogP contribution < -0.4 is 4.90 Å². The molecule has 0 atom stereocenters. The molecule has 2 aliphatic rings. The Morgan fingerprint density at radius 3 is 1.22 bits per heavy atom. The van der Waals surface area contributed by atoms with Gasteiger partial charge in [-0.25, -0.2) is 0 Å². The third-order valence-corrected chi connectivity index (χ3v) is 17.2. The largest absolute Gasteiger partial charge is 0.310 e. The van der Waals surface area contributed by atoms with E-state index in [0.29, 0.717) is 0 Å². The highest BCUT2D eigenvalue weighted by molar-refractivity contribution is 6.11. The minimum Gasteiger partial charge on any atom is -0.310 e. The van der Waals surface area contributed by atoms with Crippen molar-refractivity contribution in [1.82, 2.24) is 4.57 Å². The van der Waals surface area contributed by atoms with Gasteiger partial charge in [0.05, 0.1) is 16.4 Å². The van der Waals surface area contributed by atoms with Gasteiger partial charge in [0.25, 0.3) is 0 Å².